The quantitative estimate of drug-likeness (QED) is 0.748. The molecule has 0 radical (unpaired) electrons. The van der Waals surface area contributed by atoms with Crippen molar-refractivity contribution >= 4 is 0 Å². The van der Waals surface area contributed by atoms with Gasteiger partial charge in [-0.1, -0.05) is 18.2 Å². The number of benzene rings is 1. The predicted octanol–water partition coefficient (Wildman–Crippen LogP) is 2.93. The molecule has 0 saturated carbocycles. The molecule has 1 saturated heterocycles. The van der Waals surface area contributed by atoms with Crippen LogP contribution in [0.15, 0.2) is 24.3 Å². The molecule has 0 spiro atoms. The van der Waals surface area contributed by atoms with Crippen molar-refractivity contribution in [3.8, 4) is 5.75 Å². The Hall–Kier alpha value is -1.10. The third-order valence-electron chi connectivity index (χ3n) is 3.96. The van der Waals surface area contributed by atoms with Crippen LogP contribution in [-0.2, 0) is 9.47 Å². The molecule has 1 N–H and O–H groups in total. The predicted molar refractivity (Wildman–Crippen MR) is 83.8 cm³/mol. The van der Waals surface area contributed by atoms with E-state index in [9.17, 15) is 0 Å². The molecule has 1 aliphatic heterocycles. The zero-order chi connectivity index (χ0) is 14.9. The van der Waals surface area contributed by atoms with E-state index in [0.29, 0.717) is 19.3 Å². The highest BCUT2D eigenvalue weighted by molar-refractivity contribution is 5.36. The third kappa shape index (κ3) is 4.99. The van der Waals surface area contributed by atoms with Crippen LogP contribution in [0.1, 0.15) is 37.3 Å². The van der Waals surface area contributed by atoms with Gasteiger partial charge in [0, 0.05) is 25.3 Å². The van der Waals surface area contributed by atoms with Gasteiger partial charge in [-0.3, -0.25) is 0 Å². The Morgan fingerprint density at radius 3 is 2.86 bits per heavy atom. The van der Waals surface area contributed by atoms with Crippen LogP contribution >= 0.6 is 0 Å². The van der Waals surface area contributed by atoms with E-state index < -0.39 is 0 Å². The lowest BCUT2D eigenvalue weighted by Crippen LogP contribution is -2.27. The molecule has 1 aromatic carbocycles. The Bertz CT molecular complexity index is 405. The van der Waals surface area contributed by atoms with Crippen molar-refractivity contribution in [3.63, 3.8) is 0 Å². The fourth-order valence-corrected chi connectivity index (χ4v) is 2.79. The molecule has 0 aromatic heterocycles. The Balaban J connectivity index is 2.02. The van der Waals surface area contributed by atoms with E-state index in [2.05, 4.69) is 17.4 Å². The van der Waals surface area contributed by atoms with Crippen molar-refractivity contribution in [2.75, 3.05) is 34.0 Å². The highest BCUT2D eigenvalue weighted by atomic mass is 16.5. The molecule has 0 bridgehead atoms. The second-order valence-corrected chi connectivity index (χ2v) is 5.44. The molecule has 118 valence electrons. The molecule has 2 rings (SSSR count). The maximum Gasteiger partial charge on any atom is 0.124 e. The molecule has 0 amide bonds. The summed E-state index contributed by atoms with van der Waals surface area (Å²) in [7, 11) is 3.69. The number of hydrogen-bond donors (Lipinski definition) is 1. The molecule has 1 heterocycles. The van der Waals surface area contributed by atoms with Crippen LogP contribution in [0.3, 0.4) is 0 Å². The van der Waals surface area contributed by atoms with Crippen LogP contribution in [0.4, 0.5) is 0 Å². The van der Waals surface area contributed by atoms with Crippen molar-refractivity contribution in [1.82, 2.24) is 5.32 Å². The van der Waals surface area contributed by atoms with Gasteiger partial charge in [0.2, 0.25) is 0 Å². The lowest BCUT2D eigenvalue weighted by atomic mass is 9.96. The van der Waals surface area contributed by atoms with E-state index in [1.54, 1.807) is 7.11 Å². The van der Waals surface area contributed by atoms with Crippen LogP contribution in [0, 0.1) is 0 Å². The molecular weight excluding hydrogens is 266 g/mol. The first-order chi connectivity index (χ1) is 10.3. The van der Waals surface area contributed by atoms with Gasteiger partial charge in [0.1, 0.15) is 12.4 Å². The van der Waals surface area contributed by atoms with Crippen molar-refractivity contribution in [2.24, 2.45) is 0 Å². The minimum atomic E-state index is 0.256. The van der Waals surface area contributed by atoms with E-state index in [1.165, 1.54) is 18.4 Å². The van der Waals surface area contributed by atoms with Crippen LogP contribution in [-0.4, -0.2) is 40.1 Å². The number of nitrogens with one attached hydrogen (secondary N) is 1. The van der Waals surface area contributed by atoms with Crippen molar-refractivity contribution in [2.45, 2.75) is 37.8 Å². The van der Waals surface area contributed by atoms with Gasteiger partial charge in [-0.05, 0) is 38.8 Å². The van der Waals surface area contributed by atoms with E-state index in [0.717, 1.165) is 25.2 Å². The van der Waals surface area contributed by atoms with Crippen LogP contribution < -0.4 is 10.1 Å². The van der Waals surface area contributed by atoms with Gasteiger partial charge in [-0.2, -0.15) is 0 Å². The van der Waals surface area contributed by atoms with Gasteiger partial charge in [0.15, 0.2) is 0 Å². The summed E-state index contributed by atoms with van der Waals surface area (Å²) < 4.78 is 16.8. The van der Waals surface area contributed by atoms with Crippen molar-refractivity contribution in [3.05, 3.63) is 29.8 Å². The Morgan fingerprint density at radius 1 is 1.29 bits per heavy atom. The highest BCUT2D eigenvalue weighted by Crippen LogP contribution is 2.30. The molecule has 4 nitrogen and oxygen atoms in total. The van der Waals surface area contributed by atoms with Gasteiger partial charge >= 0.3 is 0 Å². The smallest absolute Gasteiger partial charge is 0.124 e. The second-order valence-electron chi connectivity index (χ2n) is 5.44. The summed E-state index contributed by atoms with van der Waals surface area (Å²) in [4.78, 5) is 0. The summed E-state index contributed by atoms with van der Waals surface area (Å²) in [5.74, 6) is 0.935. The maximum absolute atomic E-state index is 5.87. The number of hydrogen-bond acceptors (Lipinski definition) is 4. The van der Waals surface area contributed by atoms with Crippen molar-refractivity contribution < 1.29 is 14.2 Å². The average molecular weight is 293 g/mol. The molecular formula is C17H27NO3. The van der Waals surface area contributed by atoms with Gasteiger partial charge in [-0.25, -0.2) is 0 Å². The van der Waals surface area contributed by atoms with Crippen LogP contribution in [0.25, 0.3) is 0 Å². The fraction of sp³-hybridized carbons (Fsp3) is 0.647. The zero-order valence-corrected chi connectivity index (χ0v) is 13.1. The maximum atomic E-state index is 5.87. The molecule has 0 aliphatic carbocycles. The topological polar surface area (TPSA) is 39.7 Å². The van der Waals surface area contributed by atoms with E-state index in [4.69, 9.17) is 14.2 Å². The first-order valence-corrected chi connectivity index (χ1v) is 7.84. The number of methoxy groups -OCH3 is 1. The standard InChI is InChI=1S/C17H27NO3/c1-18-16(13-14-7-5-6-10-20-14)15-8-3-4-9-17(15)21-12-11-19-2/h3-4,8-9,14,16,18H,5-7,10-13H2,1-2H3. The molecule has 1 fully saturated rings. The lowest BCUT2D eigenvalue weighted by Gasteiger charge is -2.28. The fourth-order valence-electron chi connectivity index (χ4n) is 2.79. The lowest BCUT2D eigenvalue weighted by molar-refractivity contribution is 0.00530. The summed E-state index contributed by atoms with van der Waals surface area (Å²) in [6, 6.07) is 8.48. The molecule has 21 heavy (non-hydrogen) atoms. The molecule has 1 aromatic rings. The van der Waals surface area contributed by atoms with Crippen LogP contribution in [0.5, 0.6) is 5.75 Å². The average Bonchev–Trinajstić information content (AvgIpc) is 2.54. The molecule has 2 unspecified atom stereocenters. The summed E-state index contributed by atoms with van der Waals surface area (Å²) in [5, 5.41) is 3.41. The third-order valence-corrected chi connectivity index (χ3v) is 3.96. The van der Waals surface area contributed by atoms with Gasteiger partial charge in [0.25, 0.3) is 0 Å². The van der Waals surface area contributed by atoms with Crippen LogP contribution in [0.2, 0.25) is 0 Å². The normalized spacial score (nSPS) is 20.2. The van der Waals surface area contributed by atoms with E-state index in [1.807, 2.05) is 19.2 Å². The summed E-state index contributed by atoms with van der Waals surface area (Å²) in [5.41, 5.74) is 1.20. The molecule has 1 aliphatic rings. The van der Waals surface area contributed by atoms with Gasteiger partial charge < -0.3 is 19.5 Å². The van der Waals surface area contributed by atoms with Crippen molar-refractivity contribution in [1.29, 1.82) is 0 Å². The Morgan fingerprint density at radius 2 is 2.14 bits per heavy atom. The Labute approximate surface area is 127 Å². The highest BCUT2D eigenvalue weighted by Gasteiger charge is 2.21. The zero-order valence-electron chi connectivity index (χ0n) is 13.1. The van der Waals surface area contributed by atoms with E-state index in [-0.39, 0.29) is 6.04 Å². The minimum absolute atomic E-state index is 0.256. The van der Waals surface area contributed by atoms with E-state index >= 15 is 0 Å². The summed E-state index contributed by atoms with van der Waals surface area (Å²) in [6.07, 6.45) is 4.96. The largest absolute Gasteiger partial charge is 0.491 e. The first-order valence-electron chi connectivity index (χ1n) is 7.84. The molecule has 2 atom stereocenters. The minimum Gasteiger partial charge on any atom is -0.491 e. The molecule has 4 heteroatoms. The van der Waals surface area contributed by atoms with Gasteiger partial charge in [0.05, 0.1) is 12.7 Å². The number of para-hydroxylation sites is 1. The second kappa shape index (κ2) is 9.03. The summed E-state index contributed by atoms with van der Waals surface area (Å²) >= 11 is 0. The summed E-state index contributed by atoms with van der Waals surface area (Å²) in [6.45, 7) is 2.07. The first kappa shape index (κ1) is 16.3. The number of rotatable bonds is 8. The SMILES string of the molecule is CNC(CC1CCCCO1)c1ccccc1OCCOC. The monoisotopic (exact) mass is 293 g/mol. The van der Waals surface area contributed by atoms with Gasteiger partial charge in [-0.15, -0.1) is 0 Å². The number of ether oxygens (including phenoxy) is 3. The Kier molecular flexibility index (Phi) is 7.00.